The van der Waals surface area contributed by atoms with E-state index in [0.717, 1.165) is 33.9 Å². The lowest BCUT2D eigenvalue weighted by Crippen LogP contribution is -2.04. The Labute approximate surface area is 161 Å². The summed E-state index contributed by atoms with van der Waals surface area (Å²) in [5.74, 6) is 0.678. The molecule has 4 rings (SSSR count). The molecule has 0 spiro atoms. The molecule has 3 heterocycles. The second kappa shape index (κ2) is 7.99. The van der Waals surface area contributed by atoms with Crippen molar-refractivity contribution < 1.29 is 9.13 Å². The van der Waals surface area contributed by atoms with E-state index >= 15 is 0 Å². The van der Waals surface area contributed by atoms with Crippen molar-refractivity contribution in [2.75, 3.05) is 13.3 Å². The number of benzene rings is 1. The van der Waals surface area contributed by atoms with Gasteiger partial charge in [-0.3, -0.25) is 4.98 Å². The summed E-state index contributed by atoms with van der Waals surface area (Å²) in [6.07, 6.45) is 5.41. The fourth-order valence-corrected chi connectivity index (χ4v) is 2.97. The van der Waals surface area contributed by atoms with Gasteiger partial charge in [-0.15, -0.1) is 0 Å². The van der Waals surface area contributed by atoms with E-state index in [-0.39, 0.29) is 6.61 Å². The smallest absolute Gasteiger partial charge is 0.124 e. The molecule has 0 fully saturated rings. The number of alkyl halides is 1. The molecule has 1 aromatic carbocycles. The van der Waals surface area contributed by atoms with Gasteiger partial charge in [-0.1, -0.05) is 18.2 Å². The SMILES string of the molecule is Cc1n[nH]nc1-c1ccnc(-c2cn(Cc3ccccc3OCCF)cn2)c1. The van der Waals surface area contributed by atoms with Crippen LogP contribution in [0.1, 0.15) is 11.3 Å². The molecule has 0 radical (unpaired) electrons. The van der Waals surface area contributed by atoms with Gasteiger partial charge in [-0.2, -0.15) is 15.4 Å². The van der Waals surface area contributed by atoms with Crippen LogP contribution in [0.4, 0.5) is 4.39 Å². The first kappa shape index (κ1) is 17.8. The third kappa shape index (κ3) is 3.75. The Kier molecular flexibility index (Phi) is 5.09. The molecule has 0 bridgehead atoms. The average Bonchev–Trinajstić information content (AvgIpc) is 3.36. The molecule has 1 N–H and O–H groups in total. The maximum Gasteiger partial charge on any atom is 0.124 e. The second-order valence-electron chi connectivity index (χ2n) is 6.26. The third-order valence-corrected chi connectivity index (χ3v) is 4.31. The molecule has 0 saturated heterocycles. The Balaban J connectivity index is 1.57. The fourth-order valence-electron chi connectivity index (χ4n) is 2.97. The van der Waals surface area contributed by atoms with Crippen LogP contribution >= 0.6 is 0 Å². The molecule has 28 heavy (non-hydrogen) atoms. The standard InChI is InChI=1S/C20H19FN6O/c1-14-20(25-26-24-14)15-6-8-22-17(10-15)18-12-27(13-23-18)11-16-4-2-3-5-19(16)28-9-7-21/h2-6,8,10,12-13H,7,9,11H2,1H3,(H,24,25,26). The van der Waals surface area contributed by atoms with Crippen molar-refractivity contribution >= 4 is 0 Å². The van der Waals surface area contributed by atoms with E-state index in [0.29, 0.717) is 12.3 Å². The predicted molar refractivity (Wildman–Crippen MR) is 103 cm³/mol. The van der Waals surface area contributed by atoms with E-state index in [4.69, 9.17) is 4.74 Å². The molecule has 0 aliphatic rings. The number of rotatable bonds is 7. The van der Waals surface area contributed by atoms with Crippen LogP contribution in [-0.4, -0.2) is 43.2 Å². The minimum absolute atomic E-state index is 0.0460. The molecular formula is C20H19FN6O. The highest BCUT2D eigenvalue weighted by Gasteiger charge is 2.11. The maximum atomic E-state index is 12.4. The average molecular weight is 378 g/mol. The first-order valence-corrected chi connectivity index (χ1v) is 8.87. The molecule has 4 aromatic rings. The van der Waals surface area contributed by atoms with Crippen molar-refractivity contribution in [2.45, 2.75) is 13.5 Å². The Bertz CT molecular complexity index is 1070. The largest absolute Gasteiger partial charge is 0.491 e. The van der Waals surface area contributed by atoms with Crippen LogP contribution in [-0.2, 0) is 6.54 Å². The second-order valence-corrected chi connectivity index (χ2v) is 6.26. The lowest BCUT2D eigenvalue weighted by Gasteiger charge is -2.10. The number of aromatic nitrogens is 6. The van der Waals surface area contributed by atoms with Gasteiger partial charge < -0.3 is 9.30 Å². The van der Waals surface area contributed by atoms with Crippen molar-refractivity contribution in [1.29, 1.82) is 0 Å². The summed E-state index contributed by atoms with van der Waals surface area (Å²) in [6, 6.07) is 11.4. The van der Waals surface area contributed by atoms with Crippen LogP contribution in [0.3, 0.4) is 0 Å². The number of para-hydroxylation sites is 1. The molecule has 0 unspecified atom stereocenters. The van der Waals surface area contributed by atoms with Crippen molar-refractivity contribution in [1.82, 2.24) is 29.9 Å². The highest BCUT2D eigenvalue weighted by molar-refractivity contribution is 5.67. The topological polar surface area (TPSA) is 81.5 Å². The Morgan fingerprint density at radius 2 is 2.00 bits per heavy atom. The van der Waals surface area contributed by atoms with Gasteiger partial charge >= 0.3 is 0 Å². The zero-order chi connectivity index (χ0) is 19.3. The number of aryl methyl sites for hydroxylation is 1. The predicted octanol–water partition coefficient (Wildman–Crippen LogP) is 3.44. The Morgan fingerprint density at radius 1 is 1.11 bits per heavy atom. The highest BCUT2D eigenvalue weighted by Crippen LogP contribution is 2.24. The third-order valence-electron chi connectivity index (χ3n) is 4.31. The monoisotopic (exact) mass is 378 g/mol. The Morgan fingerprint density at radius 3 is 2.82 bits per heavy atom. The zero-order valence-corrected chi connectivity index (χ0v) is 15.3. The van der Waals surface area contributed by atoms with Crippen molar-refractivity contribution in [2.24, 2.45) is 0 Å². The van der Waals surface area contributed by atoms with E-state index in [2.05, 4.69) is 25.4 Å². The lowest BCUT2D eigenvalue weighted by atomic mass is 10.1. The molecule has 0 amide bonds. The minimum atomic E-state index is -0.517. The van der Waals surface area contributed by atoms with Gasteiger partial charge in [0.1, 0.15) is 30.4 Å². The molecule has 142 valence electrons. The number of ether oxygens (including phenoxy) is 1. The molecule has 0 saturated carbocycles. The first-order valence-electron chi connectivity index (χ1n) is 8.87. The van der Waals surface area contributed by atoms with Crippen LogP contribution in [0.2, 0.25) is 0 Å². The summed E-state index contributed by atoms with van der Waals surface area (Å²) in [5, 5.41) is 10.9. The Hall–Kier alpha value is -3.55. The van der Waals surface area contributed by atoms with Gasteiger partial charge in [-0.05, 0) is 25.1 Å². The van der Waals surface area contributed by atoms with E-state index < -0.39 is 6.67 Å². The van der Waals surface area contributed by atoms with Crippen LogP contribution in [0, 0.1) is 6.92 Å². The van der Waals surface area contributed by atoms with Crippen LogP contribution in [0.25, 0.3) is 22.6 Å². The van der Waals surface area contributed by atoms with Crippen molar-refractivity contribution in [3.8, 4) is 28.4 Å². The van der Waals surface area contributed by atoms with Gasteiger partial charge in [0, 0.05) is 23.5 Å². The van der Waals surface area contributed by atoms with Crippen LogP contribution in [0.15, 0.2) is 55.1 Å². The number of hydrogen-bond donors (Lipinski definition) is 1. The molecule has 0 aliphatic heterocycles. The molecule has 7 nitrogen and oxygen atoms in total. The van der Waals surface area contributed by atoms with Crippen molar-refractivity contribution in [3.63, 3.8) is 0 Å². The normalized spacial score (nSPS) is 10.9. The van der Waals surface area contributed by atoms with Crippen LogP contribution in [0.5, 0.6) is 5.75 Å². The quantitative estimate of drug-likeness (QED) is 0.533. The van der Waals surface area contributed by atoms with Gasteiger partial charge in [0.2, 0.25) is 0 Å². The van der Waals surface area contributed by atoms with Crippen molar-refractivity contribution in [3.05, 3.63) is 66.4 Å². The number of aromatic amines is 1. The lowest BCUT2D eigenvalue weighted by molar-refractivity contribution is 0.270. The molecule has 3 aromatic heterocycles. The van der Waals surface area contributed by atoms with Gasteiger partial charge in [-0.25, -0.2) is 9.37 Å². The number of halogens is 1. The number of hydrogen-bond acceptors (Lipinski definition) is 5. The van der Waals surface area contributed by atoms with Gasteiger partial charge in [0.05, 0.1) is 24.3 Å². The first-order chi connectivity index (χ1) is 13.7. The zero-order valence-electron chi connectivity index (χ0n) is 15.3. The highest BCUT2D eigenvalue weighted by atomic mass is 19.1. The molecule has 8 heteroatoms. The van der Waals surface area contributed by atoms with Crippen LogP contribution < -0.4 is 4.74 Å². The summed E-state index contributed by atoms with van der Waals surface area (Å²) in [4.78, 5) is 8.90. The van der Waals surface area contributed by atoms with Gasteiger partial charge in [0.15, 0.2) is 0 Å². The molecule has 0 aliphatic carbocycles. The molecular weight excluding hydrogens is 359 g/mol. The summed E-state index contributed by atoms with van der Waals surface area (Å²) < 4.78 is 19.9. The number of pyridine rings is 1. The molecule has 0 atom stereocenters. The minimum Gasteiger partial charge on any atom is -0.491 e. The summed E-state index contributed by atoms with van der Waals surface area (Å²) >= 11 is 0. The van der Waals surface area contributed by atoms with Gasteiger partial charge in [0.25, 0.3) is 0 Å². The number of nitrogens with one attached hydrogen (secondary N) is 1. The number of H-pyrrole nitrogens is 1. The number of imidazole rings is 1. The summed E-state index contributed by atoms with van der Waals surface area (Å²) in [6.45, 7) is 1.99. The number of nitrogens with zero attached hydrogens (tertiary/aromatic N) is 5. The van der Waals surface area contributed by atoms with E-state index in [1.165, 1.54) is 0 Å². The fraction of sp³-hybridized carbons (Fsp3) is 0.200. The summed E-state index contributed by atoms with van der Waals surface area (Å²) in [7, 11) is 0. The van der Waals surface area contributed by atoms with E-state index in [9.17, 15) is 4.39 Å². The van der Waals surface area contributed by atoms with E-state index in [1.807, 2.05) is 54.1 Å². The summed E-state index contributed by atoms with van der Waals surface area (Å²) in [5.41, 5.74) is 5.01. The van der Waals surface area contributed by atoms with E-state index in [1.54, 1.807) is 12.5 Å². The maximum absolute atomic E-state index is 12.4.